The molecule has 2 aromatic heterocycles. The summed E-state index contributed by atoms with van der Waals surface area (Å²) in [5.74, 6) is -0.0829. The maximum absolute atomic E-state index is 11.8. The number of ketones is 1. The molecule has 5 heteroatoms. The Morgan fingerprint density at radius 1 is 1.47 bits per heavy atom. The zero-order chi connectivity index (χ0) is 11.0. The van der Waals surface area contributed by atoms with Crippen molar-refractivity contribution in [3.8, 4) is 0 Å². The van der Waals surface area contributed by atoms with E-state index in [1.165, 1.54) is 16.0 Å². The van der Waals surface area contributed by atoms with Gasteiger partial charge in [-0.05, 0) is 26.0 Å². The summed E-state index contributed by atoms with van der Waals surface area (Å²) in [4.78, 5) is 22.9. The van der Waals surface area contributed by atoms with Gasteiger partial charge in [0.25, 0.3) is 0 Å². The fourth-order valence-corrected chi connectivity index (χ4v) is 1.37. The Labute approximate surface area is 86.0 Å². The lowest BCUT2D eigenvalue weighted by Gasteiger charge is -2.04. The normalized spacial score (nSPS) is 12.9. The Hall–Kier alpha value is -1.91. The third kappa shape index (κ3) is 1.45. The van der Waals surface area contributed by atoms with E-state index < -0.39 is 6.04 Å². The molecule has 78 valence electrons. The van der Waals surface area contributed by atoms with Crippen LogP contribution < -0.4 is 5.69 Å². The van der Waals surface area contributed by atoms with Crippen molar-refractivity contribution in [2.75, 3.05) is 0 Å². The predicted molar refractivity (Wildman–Crippen MR) is 54.8 cm³/mol. The van der Waals surface area contributed by atoms with Gasteiger partial charge >= 0.3 is 5.69 Å². The molecule has 2 aromatic rings. The summed E-state index contributed by atoms with van der Waals surface area (Å²) in [6.45, 7) is 3.11. The van der Waals surface area contributed by atoms with Crippen molar-refractivity contribution >= 4 is 11.4 Å². The topological polar surface area (TPSA) is 56.4 Å². The quantitative estimate of drug-likeness (QED) is 0.723. The van der Waals surface area contributed by atoms with Crippen LogP contribution in [-0.2, 0) is 4.79 Å². The van der Waals surface area contributed by atoms with Crippen LogP contribution >= 0.6 is 0 Å². The minimum Gasteiger partial charge on any atom is -0.298 e. The maximum Gasteiger partial charge on any atom is 0.351 e. The van der Waals surface area contributed by atoms with E-state index in [1.807, 2.05) is 0 Å². The van der Waals surface area contributed by atoms with E-state index in [0.717, 1.165) is 0 Å². The summed E-state index contributed by atoms with van der Waals surface area (Å²) in [7, 11) is 0. The highest BCUT2D eigenvalue weighted by atomic mass is 16.2. The second-order valence-corrected chi connectivity index (χ2v) is 3.44. The third-order valence-corrected chi connectivity index (χ3v) is 2.41. The molecular weight excluding hydrogens is 194 g/mol. The van der Waals surface area contributed by atoms with Gasteiger partial charge < -0.3 is 0 Å². The molecule has 1 atom stereocenters. The van der Waals surface area contributed by atoms with Gasteiger partial charge in [-0.1, -0.05) is 6.07 Å². The predicted octanol–water partition coefficient (Wildman–Crippen LogP) is 0.646. The number of nitrogens with zero attached hydrogens (tertiary/aromatic N) is 3. The molecule has 0 N–H and O–H groups in total. The Balaban J connectivity index is 2.68. The number of carbonyl (C=O) groups is 1. The van der Waals surface area contributed by atoms with Crippen molar-refractivity contribution in [3.63, 3.8) is 0 Å². The smallest absolute Gasteiger partial charge is 0.298 e. The van der Waals surface area contributed by atoms with E-state index >= 15 is 0 Å². The lowest BCUT2D eigenvalue weighted by Crippen LogP contribution is -2.27. The van der Waals surface area contributed by atoms with Crippen molar-refractivity contribution in [1.29, 1.82) is 0 Å². The lowest BCUT2D eigenvalue weighted by atomic mass is 10.2. The highest BCUT2D eigenvalue weighted by Crippen LogP contribution is 2.03. The lowest BCUT2D eigenvalue weighted by molar-refractivity contribution is -0.119. The molecule has 0 amide bonds. The van der Waals surface area contributed by atoms with Gasteiger partial charge in [0, 0.05) is 6.20 Å². The van der Waals surface area contributed by atoms with E-state index in [0.29, 0.717) is 5.65 Å². The number of hydrogen-bond acceptors (Lipinski definition) is 3. The van der Waals surface area contributed by atoms with Crippen LogP contribution in [0.15, 0.2) is 29.2 Å². The van der Waals surface area contributed by atoms with Gasteiger partial charge in [0.2, 0.25) is 0 Å². The first-order valence-electron chi connectivity index (χ1n) is 4.67. The first-order chi connectivity index (χ1) is 7.11. The summed E-state index contributed by atoms with van der Waals surface area (Å²) in [6.07, 6.45) is 1.63. The van der Waals surface area contributed by atoms with Gasteiger partial charge in [-0.25, -0.2) is 9.48 Å². The van der Waals surface area contributed by atoms with Gasteiger partial charge in [0.15, 0.2) is 11.4 Å². The molecule has 0 radical (unpaired) electrons. The molecule has 0 aliphatic heterocycles. The fourth-order valence-electron chi connectivity index (χ4n) is 1.37. The molecule has 0 aliphatic carbocycles. The van der Waals surface area contributed by atoms with E-state index in [4.69, 9.17) is 0 Å². The van der Waals surface area contributed by atoms with Crippen LogP contribution in [0.3, 0.4) is 0 Å². The number of hydrogen-bond donors (Lipinski definition) is 0. The van der Waals surface area contributed by atoms with Gasteiger partial charge in [0.1, 0.15) is 6.04 Å². The van der Waals surface area contributed by atoms with E-state index in [-0.39, 0.29) is 11.5 Å². The highest BCUT2D eigenvalue weighted by Gasteiger charge is 2.15. The van der Waals surface area contributed by atoms with Crippen molar-refractivity contribution in [1.82, 2.24) is 14.2 Å². The number of Topliss-reactive ketones (excluding diaryl/α,β-unsaturated/α-hetero) is 1. The van der Waals surface area contributed by atoms with Gasteiger partial charge in [-0.3, -0.25) is 9.20 Å². The number of carbonyl (C=O) groups excluding carboxylic acids is 1. The van der Waals surface area contributed by atoms with Crippen LogP contribution in [0.5, 0.6) is 0 Å². The Morgan fingerprint density at radius 3 is 2.80 bits per heavy atom. The van der Waals surface area contributed by atoms with Crippen LogP contribution in [0.2, 0.25) is 0 Å². The average molecular weight is 205 g/mol. The second kappa shape index (κ2) is 3.34. The van der Waals surface area contributed by atoms with Crippen LogP contribution in [-0.4, -0.2) is 20.0 Å². The molecule has 0 aliphatic rings. The molecular formula is C10H11N3O2. The summed E-state index contributed by atoms with van der Waals surface area (Å²) < 4.78 is 2.62. The van der Waals surface area contributed by atoms with Gasteiger partial charge in [-0.2, -0.15) is 0 Å². The van der Waals surface area contributed by atoms with Crippen molar-refractivity contribution < 1.29 is 4.79 Å². The van der Waals surface area contributed by atoms with E-state index in [2.05, 4.69) is 5.10 Å². The molecule has 5 nitrogen and oxygen atoms in total. The SMILES string of the molecule is CC(=O)C(C)n1nc2ccccn2c1=O. The van der Waals surface area contributed by atoms with Crippen molar-refractivity contribution in [2.45, 2.75) is 19.9 Å². The molecule has 0 spiro atoms. The van der Waals surface area contributed by atoms with Crippen LogP contribution in [0.4, 0.5) is 0 Å². The van der Waals surface area contributed by atoms with Crippen LogP contribution in [0.25, 0.3) is 5.65 Å². The number of pyridine rings is 1. The molecule has 15 heavy (non-hydrogen) atoms. The summed E-state index contributed by atoms with van der Waals surface area (Å²) in [5.41, 5.74) is 0.268. The fraction of sp³-hybridized carbons (Fsp3) is 0.300. The monoisotopic (exact) mass is 205 g/mol. The summed E-state index contributed by atoms with van der Waals surface area (Å²) >= 11 is 0. The molecule has 0 bridgehead atoms. The second-order valence-electron chi connectivity index (χ2n) is 3.44. The van der Waals surface area contributed by atoms with Crippen LogP contribution in [0, 0.1) is 0 Å². The minimum atomic E-state index is -0.516. The Kier molecular flexibility index (Phi) is 2.15. The standard InChI is InChI=1S/C10H11N3O2/c1-7(8(2)14)13-10(15)12-6-4-3-5-9(12)11-13/h3-7H,1-2H3. The minimum absolute atomic E-state index is 0.0829. The molecule has 0 fully saturated rings. The van der Waals surface area contributed by atoms with Crippen molar-refractivity contribution in [2.24, 2.45) is 0 Å². The van der Waals surface area contributed by atoms with E-state index in [1.54, 1.807) is 31.3 Å². The number of rotatable bonds is 2. The first kappa shape index (κ1) is 9.64. The van der Waals surface area contributed by atoms with Gasteiger partial charge in [-0.15, -0.1) is 5.10 Å². The number of aromatic nitrogens is 3. The number of fused-ring (bicyclic) bond motifs is 1. The zero-order valence-corrected chi connectivity index (χ0v) is 8.54. The van der Waals surface area contributed by atoms with Crippen molar-refractivity contribution in [3.05, 3.63) is 34.9 Å². The molecule has 0 aromatic carbocycles. The van der Waals surface area contributed by atoms with Gasteiger partial charge in [0.05, 0.1) is 0 Å². The summed E-state index contributed by atoms with van der Waals surface area (Å²) in [6, 6.07) is 4.76. The molecule has 1 unspecified atom stereocenters. The molecule has 0 saturated carbocycles. The molecule has 0 saturated heterocycles. The largest absolute Gasteiger partial charge is 0.351 e. The third-order valence-electron chi connectivity index (χ3n) is 2.41. The average Bonchev–Trinajstić information content (AvgIpc) is 2.56. The van der Waals surface area contributed by atoms with Crippen LogP contribution in [0.1, 0.15) is 19.9 Å². The Bertz CT molecular complexity index is 567. The highest BCUT2D eigenvalue weighted by molar-refractivity contribution is 5.79. The maximum atomic E-state index is 11.8. The first-order valence-corrected chi connectivity index (χ1v) is 4.67. The molecule has 2 heterocycles. The van der Waals surface area contributed by atoms with E-state index in [9.17, 15) is 9.59 Å². The summed E-state index contributed by atoms with van der Waals surface area (Å²) in [5, 5.41) is 4.08. The zero-order valence-electron chi connectivity index (χ0n) is 8.54. The molecule has 2 rings (SSSR count). The Morgan fingerprint density at radius 2 is 2.20 bits per heavy atom.